The van der Waals surface area contributed by atoms with Gasteiger partial charge in [0.25, 0.3) is 0 Å². The van der Waals surface area contributed by atoms with E-state index in [4.69, 9.17) is 5.26 Å². The molecular weight excluding hydrogens is 298 g/mol. The van der Waals surface area contributed by atoms with Gasteiger partial charge >= 0.3 is 0 Å². The molecule has 0 N–H and O–H groups in total. The van der Waals surface area contributed by atoms with Crippen LogP contribution < -0.4 is 0 Å². The molecule has 2 nitrogen and oxygen atoms in total. The van der Waals surface area contributed by atoms with E-state index in [-0.39, 0.29) is 5.78 Å². The van der Waals surface area contributed by atoms with Crippen molar-refractivity contribution < 1.29 is 4.79 Å². The Balaban J connectivity index is 2.31. The molecule has 84 valence electrons. The summed E-state index contributed by atoms with van der Waals surface area (Å²) in [6, 6.07) is 12.8. The largest absolute Gasteiger partial charge is 0.292 e. The highest BCUT2D eigenvalue weighted by atomic mass is 79.9. The molecule has 1 aromatic carbocycles. The predicted octanol–water partition coefficient (Wildman–Crippen LogP) is 4.00. The molecule has 1 heterocycles. The van der Waals surface area contributed by atoms with Crippen molar-refractivity contribution in [3.05, 3.63) is 56.7 Å². The number of ketones is 1. The number of carbonyl (C=O) groups excluding carboxylic acids is 1. The maximum Gasteiger partial charge on any atom is 0.185 e. The van der Waals surface area contributed by atoms with Crippen molar-refractivity contribution in [2.75, 3.05) is 0 Å². The zero-order valence-corrected chi connectivity index (χ0v) is 11.2. The highest BCUT2D eigenvalue weighted by Crippen LogP contribution is 2.25. The van der Waals surface area contributed by atoms with Crippen LogP contribution >= 0.6 is 27.3 Å². The molecule has 0 saturated carbocycles. The average molecular weight is 306 g/mol. The number of halogens is 1. The molecule has 0 fully saturated rings. The molecule has 0 aliphatic carbocycles. The number of rotatable bonds is 3. The van der Waals surface area contributed by atoms with E-state index in [1.165, 1.54) is 11.3 Å². The van der Waals surface area contributed by atoms with Gasteiger partial charge in [-0.25, -0.2) is 0 Å². The second kappa shape index (κ2) is 5.26. The summed E-state index contributed by atoms with van der Waals surface area (Å²) in [6.07, 6.45) is 0. The minimum absolute atomic E-state index is 0.151. The molecule has 1 atom stereocenters. The van der Waals surface area contributed by atoms with Crippen molar-refractivity contribution in [1.29, 1.82) is 5.26 Å². The Bertz CT molecular complexity index is 554. The predicted molar refractivity (Wildman–Crippen MR) is 71.1 cm³/mol. The Morgan fingerprint density at radius 3 is 2.53 bits per heavy atom. The third kappa shape index (κ3) is 2.63. The van der Waals surface area contributed by atoms with E-state index in [1.54, 1.807) is 24.3 Å². The van der Waals surface area contributed by atoms with Gasteiger partial charge < -0.3 is 0 Å². The smallest absolute Gasteiger partial charge is 0.185 e. The van der Waals surface area contributed by atoms with Gasteiger partial charge in [-0.3, -0.25) is 4.79 Å². The van der Waals surface area contributed by atoms with E-state index in [0.717, 1.165) is 9.35 Å². The normalized spacial score (nSPS) is 11.8. The number of carbonyl (C=O) groups is 1. The minimum atomic E-state index is -0.698. The lowest BCUT2D eigenvalue weighted by atomic mass is 9.97. The summed E-state index contributed by atoms with van der Waals surface area (Å²) in [5.41, 5.74) is 0.563. The van der Waals surface area contributed by atoms with Crippen LogP contribution in [0.2, 0.25) is 0 Å². The summed E-state index contributed by atoms with van der Waals surface area (Å²) in [7, 11) is 0. The summed E-state index contributed by atoms with van der Waals surface area (Å²) in [5.74, 6) is -0.848. The number of Topliss-reactive ketones (excluding diaryl/α,β-unsaturated/α-hetero) is 1. The van der Waals surface area contributed by atoms with Gasteiger partial charge in [0.2, 0.25) is 0 Å². The zero-order valence-electron chi connectivity index (χ0n) is 8.76. The summed E-state index contributed by atoms with van der Waals surface area (Å²) in [4.78, 5) is 12.9. The molecule has 17 heavy (non-hydrogen) atoms. The molecule has 0 aliphatic heterocycles. The summed E-state index contributed by atoms with van der Waals surface area (Å²) in [5, 5.41) is 11.0. The van der Waals surface area contributed by atoms with E-state index in [2.05, 4.69) is 22.0 Å². The molecule has 1 unspecified atom stereocenters. The van der Waals surface area contributed by atoms with Gasteiger partial charge in [-0.05, 0) is 23.6 Å². The molecule has 0 aliphatic rings. The van der Waals surface area contributed by atoms with Crippen LogP contribution in [0.25, 0.3) is 0 Å². The SMILES string of the molecule is N#CC(C(=O)c1ccc(Br)cc1)c1cccs1. The number of nitrogens with zero attached hydrogens (tertiary/aromatic N) is 1. The fourth-order valence-corrected chi connectivity index (χ4v) is 2.52. The van der Waals surface area contributed by atoms with Crippen molar-refractivity contribution >= 4 is 33.0 Å². The average Bonchev–Trinajstić information content (AvgIpc) is 2.84. The van der Waals surface area contributed by atoms with Gasteiger partial charge in [-0.15, -0.1) is 11.3 Å². The van der Waals surface area contributed by atoms with Crippen LogP contribution in [0.4, 0.5) is 0 Å². The minimum Gasteiger partial charge on any atom is -0.292 e. The number of hydrogen-bond acceptors (Lipinski definition) is 3. The summed E-state index contributed by atoms with van der Waals surface area (Å²) in [6.45, 7) is 0. The van der Waals surface area contributed by atoms with Gasteiger partial charge in [0.15, 0.2) is 5.78 Å². The van der Waals surface area contributed by atoms with E-state index in [9.17, 15) is 4.79 Å². The van der Waals surface area contributed by atoms with E-state index in [0.29, 0.717) is 5.56 Å². The number of benzene rings is 1. The van der Waals surface area contributed by atoms with Crippen molar-refractivity contribution in [2.24, 2.45) is 0 Å². The number of thiophene rings is 1. The summed E-state index contributed by atoms with van der Waals surface area (Å²) < 4.78 is 0.915. The van der Waals surface area contributed by atoms with Gasteiger partial charge in [0.1, 0.15) is 5.92 Å². The van der Waals surface area contributed by atoms with Gasteiger partial charge in [-0.2, -0.15) is 5.26 Å². The number of hydrogen-bond donors (Lipinski definition) is 0. The molecule has 0 radical (unpaired) electrons. The Kier molecular flexibility index (Phi) is 3.72. The van der Waals surface area contributed by atoms with Crippen LogP contribution in [0.15, 0.2) is 46.3 Å². The van der Waals surface area contributed by atoms with Crippen LogP contribution in [0.1, 0.15) is 21.2 Å². The Labute approximate surface area is 112 Å². The molecular formula is C13H8BrNOS. The highest BCUT2D eigenvalue weighted by molar-refractivity contribution is 9.10. The molecule has 0 bridgehead atoms. The van der Waals surface area contributed by atoms with Crippen LogP contribution in [0.5, 0.6) is 0 Å². The van der Waals surface area contributed by atoms with Gasteiger partial charge in [0, 0.05) is 14.9 Å². The maximum absolute atomic E-state index is 12.2. The molecule has 0 saturated heterocycles. The molecule has 1 aromatic heterocycles. The van der Waals surface area contributed by atoms with Gasteiger partial charge in [0.05, 0.1) is 6.07 Å². The first-order valence-electron chi connectivity index (χ1n) is 4.95. The Morgan fingerprint density at radius 1 is 1.29 bits per heavy atom. The van der Waals surface area contributed by atoms with Crippen molar-refractivity contribution in [3.8, 4) is 6.07 Å². The third-order valence-corrected chi connectivity index (χ3v) is 3.81. The lowest BCUT2D eigenvalue weighted by Gasteiger charge is -2.05. The lowest BCUT2D eigenvalue weighted by Crippen LogP contribution is -2.09. The lowest BCUT2D eigenvalue weighted by molar-refractivity contribution is 0.0980. The molecule has 4 heteroatoms. The second-order valence-corrected chi connectivity index (χ2v) is 5.34. The standard InChI is InChI=1S/C13H8BrNOS/c14-10-5-3-9(4-6-10)13(16)11(8-15)12-2-1-7-17-12/h1-7,11H. The Morgan fingerprint density at radius 2 is 2.00 bits per heavy atom. The van der Waals surface area contributed by atoms with Crippen LogP contribution in [0, 0.1) is 11.3 Å². The van der Waals surface area contributed by atoms with E-state index in [1.807, 2.05) is 17.5 Å². The van der Waals surface area contributed by atoms with Crippen molar-refractivity contribution in [3.63, 3.8) is 0 Å². The monoisotopic (exact) mass is 305 g/mol. The van der Waals surface area contributed by atoms with Crippen molar-refractivity contribution in [2.45, 2.75) is 5.92 Å². The first-order valence-corrected chi connectivity index (χ1v) is 6.62. The van der Waals surface area contributed by atoms with Crippen LogP contribution in [-0.2, 0) is 0 Å². The first kappa shape index (κ1) is 12.0. The molecule has 0 amide bonds. The van der Waals surface area contributed by atoms with E-state index >= 15 is 0 Å². The quantitative estimate of drug-likeness (QED) is 0.804. The Hall–Kier alpha value is -1.44. The van der Waals surface area contributed by atoms with Gasteiger partial charge in [-0.1, -0.05) is 34.1 Å². The zero-order chi connectivity index (χ0) is 12.3. The first-order chi connectivity index (χ1) is 8.22. The van der Waals surface area contributed by atoms with E-state index < -0.39 is 5.92 Å². The number of nitriles is 1. The molecule has 2 rings (SSSR count). The fourth-order valence-electron chi connectivity index (χ4n) is 1.49. The van der Waals surface area contributed by atoms with Crippen molar-refractivity contribution in [1.82, 2.24) is 0 Å². The second-order valence-electron chi connectivity index (χ2n) is 3.45. The third-order valence-electron chi connectivity index (χ3n) is 2.35. The van der Waals surface area contributed by atoms with Crippen LogP contribution in [0.3, 0.4) is 0 Å². The molecule has 0 spiro atoms. The topological polar surface area (TPSA) is 40.9 Å². The fraction of sp³-hybridized carbons (Fsp3) is 0.0769. The van der Waals surface area contributed by atoms with Crippen LogP contribution in [-0.4, -0.2) is 5.78 Å². The molecule has 2 aromatic rings. The highest BCUT2D eigenvalue weighted by Gasteiger charge is 2.22. The summed E-state index contributed by atoms with van der Waals surface area (Å²) >= 11 is 4.74. The maximum atomic E-state index is 12.2.